The number of carbonyl (C=O) groups excluding carboxylic acids is 3. The summed E-state index contributed by atoms with van der Waals surface area (Å²) in [7, 11) is 5.89. The molecule has 0 radical (unpaired) electrons. The van der Waals surface area contributed by atoms with Crippen LogP contribution in [0.3, 0.4) is 0 Å². The molecular weight excluding hydrogens is 650 g/mol. The van der Waals surface area contributed by atoms with Crippen molar-refractivity contribution in [2.75, 3.05) is 53.9 Å². The van der Waals surface area contributed by atoms with Gasteiger partial charge in [-0.3, -0.25) is 14.4 Å². The van der Waals surface area contributed by atoms with Crippen LogP contribution in [0.15, 0.2) is 61.7 Å². The molecule has 2 amide bonds. The summed E-state index contributed by atoms with van der Waals surface area (Å²) in [6, 6.07) is 7.51. The van der Waals surface area contributed by atoms with Gasteiger partial charge in [-0.15, -0.1) is 0 Å². The van der Waals surface area contributed by atoms with Crippen LogP contribution in [-0.4, -0.2) is 126 Å². The summed E-state index contributed by atoms with van der Waals surface area (Å²) < 4.78 is 5.08. The zero-order valence-corrected chi connectivity index (χ0v) is 29.3. The van der Waals surface area contributed by atoms with E-state index in [2.05, 4.69) is 44.8 Å². The van der Waals surface area contributed by atoms with Crippen LogP contribution in [0.4, 0.5) is 0 Å². The molecule has 0 unspecified atom stereocenters. The minimum Gasteiger partial charge on any atom is -0.466 e. The van der Waals surface area contributed by atoms with E-state index in [1.165, 1.54) is 12.7 Å². The number of aromatic amines is 4. The molecule has 0 saturated carbocycles. The lowest BCUT2D eigenvalue weighted by atomic mass is 9.97. The average molecular weight is 702 g/mol. The number of nitrogens with one attached hydrogen (secondary N) is 4. The summed E-state index contributed by atoms with van der Waals surface area (Å²) >= 11 is 0. The molecule has 0 spiro atoms. The monoisotopic (exact) mass is 701 g/mol. The van der Waals surface area contributed by atoms with E-state index in [4.69, 9.17) is 4.74 Å². The van der Waals surface area contributed by atoms with Crippen molar-refractivity contribution in [3.8, 4) is 22.5 Å². The van der Waals surface area contributed by atoms with E-state index in [1.54, 1.807) is 22.9 Å². The summed E-state index contributed by atoms with van der Waals surface area (Å²) in [6.07, 6.45) is 12.5. The number of amides is 2. The van der Waals surface area contributed by atoms with E-state index < -0.39 is 0 Å². The third-order valence-electron chi connectivity index (χ3n) is 8.93. The van der Waals surface area contributed by atoms with Crippen molar-refractivity contribution in [1.29, 1.82) is 0 Å². The highest BCUT2D eigenvalue weighted by molar-refractivity contribution is 5.97. The predicted octanol–water partition coefficient (Wildman–Crippen LogP) is 5.33. The first-order valence-corrected chi connectivity index (χ1v) is 17.0. The molecule has 0 atom stereocenters. The Morgan fingerprint density at radius 3 is 1.96 bits per heavy atom. The quantitative estimate of drug-likeness (QED) is 0.137. The van der Waals surface area contributed by atoms with Crippen LogP contribution in [0.5, 0.6) is 0 Å². The maximum Gasteiger partial charge on any atom is 0.309 e. The predicted molar refractivity (Wildman–Crippen MR) is 201 cm³/mol. The minimum absolute atomic E-state index is 0. The topological polar surface area (TPSA) is 185 Å². The molecule has 0 aromatic carbocycles. The normalized spacial score (nSPS) is 13.4. The molecule has 15 heteroatoms. The first kappa shape index (κ1) is 35.0. The van der Waals surface area contributed by atoms with Crippen molar-refractivity contribution in [2.24, 2.45) is 5.92 Å². The molecule has 7 heterocycles. The number of rotatable bonds is 10. The average Bonchev–Trinajstić information content (AvgIpc) is 3.98. The number of hydrogen-bond acceptors (Lipinski definition) is 9. The highest BCUT2D eigenvalue weighted by Gasteiger charge is 2.29. The first-order chi connectivity index (χ1) is 24.7. The van der Waals surface area contributed by atoms with Crippen LogP contribution in [0.25, 0.3) is 44.6 Å². The maximum atomic E-state index is 12.8. The lowest BCUT2D eigenvalue weighted by Gasteiger charge is -2.30. The van der Waals surface area contributed by atoms with Gasteiger partial charge in [0, 0.05) is 79.1 Å². The van der Waals surface area contributed by atoms with Crippen LogP contribution >= 0.6 is 0 Å². The van der Waals surface area contributed by atoms with Gasteiger partial charge in [0.15, 0.2) is 0 Å². The number of carbonyl (C=O) groups is 3. The number of nitrogens with zero attached hydrogens (tertiary/aromatic N) is 7. The molecule has 7 rings (SSSR count). The van der Waals surface area contributed by atoms with E-state index in [0.717, 1.165) is 64.1 Å². The minimum atomic E-state index is -0.161. The lowest BCUT2D eigenvalue weighted by molar-refractivity contribution is -0.149. The molecule has 6 aromatic rings. The molecule has 4 N–H and O–H groups in total. The smallest absolute Gasteiger partial charge is 0.309 e. The maximum absolute atomic E-state index is 12.8. The number of piperidine rings is 1. The van der Waals surface area contributed by atoms with E-state index in [1.807, 2.05) is 64.0 Å². The molecule has 1 aliphatic heterocycles. The standard InChI is InChI=1S/C19H21N5O3.C17H22N6O.4H2/c1-2-27-19(26)12-4-7-24(8-5-12)18(25)15-9-13(10-21-15)16-14-3-6-20-17(14)23-11-22-16;1-22(2)7-4-8-23(3)17(24)14-9-12(10-19-14)15-13-5-6-18-16(13)21-11-20-15;;;;/h3,6,9-12,21H,2,4-5,7-8H2,1H3,(H,20,22,23);5-6,9-11,19H,4,7-8H2,1-3H3,(H,18,20,21);4*1H. The first-order valence-electron chi connectivity index (χ1n) is 17.0. The second kappa shape index (κ2) is 15.8. The highest BCUT2D eigenvalue weighted by Crippen LogP contribution is 2.27. The summed E-state index contributed by atoms with van der Waals surface area (Å²) in [6.45, 7) is 4.97. The van der Waals surface area contributed by atoms with E-state index in [-0.39, 0.29) is 29.4 Å². The van der Waals surface area contributed by atoms with Gasteiger partial charge in [-0.1, -0.05) is 0 Å². The van der Waals surface area contributed by atoms with Gasteiger partial charge in [-0.25, -0.2) is 19.9 Å². The number of hydrogen-bond donors (Lipinski definition) is 4. The Labute approximate surface area is 300 Å². The van der Waals surface area contributed by atoms with E-state index in [9.17, 15) is 14.4 Å². The van der Waals surface area contributed by atoms with Crippen molar-refractivity contribution in [2.45, 2.75) is 26.2 Å². The van der Waals surface area contributed by atoms with Crippen LogP contribution in [0.1, 0.15) is 52.9 Å². The van der Waals surface area contributed by atoms with Gasteiger partial charge in [-0.05, 0) is 71.1 Å². The van der Waals surface area contributed by atoms with E-state index >= 15 is 0 Å². The molecule has 1 saturated heterocycles. The second-order valence-electron chi connectivity index (χ2n) is 12.7. The molecule has 0 bridgehead atoms. The molecule has 6 aromatic heterocycles. The second-order valence-corrected chi connectivity index (χ2v) is 12.7. The fourth-order valence-corrected chi connectivity index (χ4v) is 6.19. The third kappa shape index (κ3) is 7.99. The Bertz CT molecular complexity index is 2120. The van der Waals surface area contributed by atoms with Gasteiger partial charge in [-0.2, -0.15) is 0 Å². The van der Waals surface area contributed by atoms with Gasteiger partial charge in [0.05, 0.1) is 23.9 Å². The fourth-order valence-electron chi connectivity index (χ4n) is 6.19. The summed E-state index contributed by atoms with van der Waals surface area (Å²) in [5, 5.41) is 1.85. The Balaban J connectivity index is 0.000000357. The Morgan fingerprint density at radius 2 is 1.39 bits per heavy atom. The summed E-state index contributed by atoms with van der Waals surface area (Å²) in [5.74, 6) is -0.357. The van der Waals surface area contributed by atoms with Gasteiger partial charge in [0.25, 0.3) is 11.8 Å². The largest absolute Gasteiger partial charge is 0.466 e. The van der Waals surface area contributed by atoms with Crippen molar-refractivity contribution in [3.63, 3.8) is 0 Å². The van der Waals surface area contributed by atoms with Crippen LogP contribution in [0, 0.1) is 5.92 Å². The number of esters is 1. The molecule has 15 nitrogen and oxygen atoms in total. The zero-order valence-electron chi connectivity index (χ0n) is 29.3. The van der Waals surface area contributed by atoms with Crippen molar-refractivity contribution >= 4 is 39.9 Å². The van der Waals surface area contributed by atoms with Crippen molar-refractivity contribution < 1.29 is 24.8 Å². The highest BCUT2D eigenvalue weighted by atomic mass is 16.5. The molecular formula is C36H51N11O4. The Morgan fingerprint density at radius 1 is 0.824 bits per heavy atom. The fraction of sp³-hybridized carbons (Fsp3) is 0.361. The molecule has 0 aliphatic carbocycles. The van der Waals surface area contributed by atoms with Gasteiger partial charge in [0.2, 0.25) is 0 Å². The molecule has 51 heavy (non-hydrogen) atoms. The van der Waals surface area contributed by atoms with Crippen LogP contribution in [-0.2, 0) is 9.53 Å². The summed E-state index contributed by atoms with van der Waals surface area (Å²) in [5.41, 5.74) is 5.94. The number of aromatic nitrogens is 8. The SMILES string of the molecule is CCOC(=O)C1CCN(C(=O)c2cc(-c3ncnc4[nH]ccc34)c[nH]2)CC1.CN(C)CCCN(C)C(=O)c1cc(-c2ncnc3[nH]ccc23)c[nH]1.[HH].[HH].[HH].[HH]. The van der Waals surface area contributed by atoms with Gasteiger partial charge >= 0.3 is 5.97 Å². The van der Waals surface area contributed by atoms with E-state index in [0.29, 0.717) is 43.9 Å². The molecule has 1 fully saturated rings. The van der Waals surface area contributed by atoms with Crippen molar-refractivity contribution in [1.82, 2.24) is 54.6 Å². The Kier molecular flexibility index (Phi) is 10.8. The molecule has 274 valence electrons. The number of likely N-dealkylation sites (tertiary alicyclic amines) is 1. The Hall–Kier alpha value is -5.83. The van der Waals surface area contributed by atoms with Crippen molar-refractivity contribution in [3.05, 3.63) is 73.1 Å². The van der Waals surface area contributed by atoms with Crippen LogP contribution in [0.2, 0.25) is 0 Å². The zero-order chi connectivity index (χ0) is 35.9. The van der Waals surface area contributed by atoms with Gasteiger partial charge in [0.1, 0.15) is 35.3 Å². The lowest BCUT2D eigenvalue weighted by Crippen LogP contribution is -2.40. The number of H-pyrrole nitrogens is 4. The van der Waals surface area contributed by atoms with Crippen LogP contribution < -0.4 is 0 Å². The third-order valence-corrected chi connectivity index (χ3v) is 8.93. The molecule has 1 aliphatic rings. The number of ether oxygens (including phenoxy) is 1. The summed E-state index contributed by atoms with van der Waals surface area (Å²) in [4.78, 5) is 72.1. The number of fused-ring (bicyclic) bond motifs is 2. The van der Waals surface area contributed by atoms with Gasteiger partial charge < -0.3 is 39.4 Å².